The SMILES string of the molecule is CC/C=C\C/C=C\C/C=C\C/C=C\C/C=C\C/C=C\CCCCCCCCCCC(=O)NC(COP(=O)(O)OCC[N+](C)(C)C)C(/C=C\CCCCCCCCCCC)OC(=O)CCCCCCCCCCCC/C=C\C/C=C\C/C=C\CCCCC. The maximum atomic E-state index is 13.6. The normalized spacial score (nSPS) is 14.2. The first-order valence-corrected chi connectivity index (χ1v) is 37.4. The molecule has 3 unspecified atom stereocenters. The highest BCUT2D eigenvalue weighted by molar-refractivity contribution is 7.47. The van der Waals surface area contributed by atoms with E-state index in [1.54, 1.807) is 0 Å². The second-order valence-electron chi connectivity index (χ2n) is 25.0. The molecule has 0 heterocycles. The van der Waals surface area contributed by atoms with Crippen molar-refractivity contribution in [3.63, 3.8) is 0 Å². The number of rotatable bonds is 64. The standard InChI is InChI=1S/C77H135N2O7P/c1-7-10-13-16-19-22-25-27-29-31-33-35-37-38-39-40-42-43-45-47-49-51-54-57-60-63-66-69-76(80)78-74(73-85-87(82,83)84-72-71-79(4,5)6)75(68-65-62-59-56-53-24-21-18-15-12-9-3)86-77(81)70-67-64-61-58-55-52-50-48-46-44-41-36-34-32-30-28-26-23-20-17-14-11-8-2/h10,13,19-20,22-23,27-30,33-36,38-39,42-43,65,68,74-75H,7-9,11-12,14-18,21,24-26,31-32,37,40-41,44-64,66-67,69-73H2,1-6H3,(H-,78,80,82,83)/p+1/b13-10-,22-19-,23-20-,29-27-,30-28-,35-33-,36-34-,39-38-,43-42-,68-65-. The summed E-state index contributed by atoms with van der Waals surface area (Å²) in [6, 6.07) is -0.863. The minimum absolute atomic E-state index is 0.0322. The minimum atomic E-state index is -4.47. The maximum absolute atomic E-state index is 13.6. The molecule has 10 heteroatoms. The Hall–Kier alpha value is -3.59. The second-order valence-corrected chi connectivity index (χ2v) is 26.5. The van der Waals surface area contributed by atoms with Crippen molar-refractivity contribution in [1.29, 1.82) is 0 Å². The third kappa shape index (κ3) is 66.7. The number of hydrogen-bond donors (Lipinski definition) is 2. The van der Waals surface area contributed by atoms with Gasteiger partial charge in [0.1, 0.15) is 19.3 Å². The van der Waals surface area contributed by atoms with E-state index in [4.69, 9.17) is 13.8 Å². The number of phosphoric acid groups is 1. The highest BCUT2D eigenvalue weighted by Gasteiger charge is 2.30. The Balaban J connectivity index is 5.06. The predicted molar refractivity (Wildman–Crippen MR) is 378 cm³/mol. The van der Waals surface area contributed by atoms with Gasteiger partial charge < -0.3 is 19.4 Å². The number of carbonyl (C=O) groups excluding carboxylic acids is 2. The van der Waals surface area contributed by atoms with E-state index in [1.807, 2.05) is 33.3 Å². The van der Waals surface area contributed by atoms with Crippen LogP contribution in [-0.4, -0.2) is 74.3 Å². The van der Waals surface area contributed by atoms with Crippen LogP contribution in [0.4, 0.5) is 0 Å². The zero-order chi connectivity index (χ0) is 63.5. The molecule has 1 amide bonds. The number of likely N-dealkylation sites (N-methyl/N-ethyl adjacent to an activating group) is 1. The Morgan fingerprint density at radius 1 is 0.414 bits per heavy atom. The van der Waals surface area contributed by atoms with E-state index in [0.717, 1.165) is 122 Å². The molecule has 9 nitrogen and oxygen atoms in total. The van der Waals surface area contributed by atoms with Gasteiger partial charge in [0, 0.05) is 12.8 Å². The number of phosphoric ester groups is 1. The molecule has 0 aromatic carbocycles. The molecule has 0 spiro atoms. The molecule has 2 N–H and O–H groups in total. The van der Waals surface area contributed by atoms with Crippen LogP contribution >= 0.6 is 7.82 Å². The van der Waals surface area contributed by atoms with E-state index in [0.29, 0.717) is 17.4 Å². The predicted octanol–water partition coefficient (Wildman–Crippen LogP) is 23.0. The Morgan fingerprint density at radius 3 is 1.13 bits per heavy atom. The largest absolute Gasteiger partial charge is 0.472 e. The van der Waals surface area contributed by atoms with Crippen LogP contribution in [0, 0.1) is 0 Å². The number of ether oxygens (including phenoxy) is 1. The van der Waals surface area contributed by atoms with Gasteiger partial charge in [-0.15, -0.1) is 0 Å². The Bertz CT molecular complexity index is 1900. The number of nitrogens with one attached hydrogen (secondary N) is 1. The van der Waals surface area contributed by atoms with Crippen LogP contribution in [-0.2, 0) is 27.9 Å². The minimum Gasteiger partial charge on any atom is -0.456 e. The number of carbonyl (C=O) groups is 2. The van der Waals surface area contributed by atoms with Gasteiger partial charge in [-0.1, -0.05) is 290 Å². The van der Waals surface area contributed by atoms with Gasteiger partial charge in [-0.05, 0) is 122 Å². The zero-order valence-corrected chi connectivity index (χ0v) is 58.1. The van der Waals surface area contributed by atoms with Gasteiger partial charge in [0.25, 0.3) is 0 Å². The summed E-state index contributed by atoms with van der Waals surface area (Å²) in [4.78, 5) is 37.9. The van der Waals surface area contributed by atoms with Gasteiger partial charge in [0.15, 0.2) is 0 Å². The average molecular weight is 1230 g/mol. The molecule has 87 heavy (non-hydrogen) atoms. The van der Waals surface area contributed by atoms with Gasteiger partial charge in [0.2, 0.25) is 5.91 Å². The van der Waals surface area contributed by atoms with Gasteiger partial charge in [-0.2, -0.15) is 0 Å². The molecule has 0 saturated heterocycles. The summed E-state index contributed by atoms with van der Waals surface area (Å²) in [7, 11) is 1.48. The summed E-state index contributed by atoms with van der Waals surface area (Å²) in [5.74, 6) is -0.521. The van der Waals surface area contributed by atoms with Crippen molar-refractivity contribution >= 4 is 19.7 Å². The van der Waals surface area contributed by atoms with Crippen molar-refractivity contribution < 1.29 is 37.3 Å². The van der Waals surface area contributed by atoms with Crippen LogP contribution in [0.5, 0.6) is 0 Å². The molecule has 0 radical (unpaired) electrons. The molecule has 3 atom stereocenters. The molecule has 0 aliphatic rings. The van der Waals surface area contributed by atoms with Crippen molar-refractivity contribution in [3.8, 4) is 0 Å². The van der Waals surface area contributed by atoms with E-state index in [2.05, 4.69) is 135 Å². The van der Waals surface area contributed by atoms with Crippen LogP contribution in [0.2, 0.25) is 0 Å². The van der Waals surface area contributed by atoms with Crippen molar-refractivity contribution in [1.82, 2.24) is 5.32 Å². The number of nitrogens with zero attached hydrogens (tertiary/aromatic N) is 1. The van der Waals surface area contributed by atoms with Crippen molar-refractivity contribution in [2.45, 2.75) is 315 Å². The fourth-order valence-electron chi connectivity index (χ4n) is 9.89. The fourth-order valence-corrected chi connectivity index (χ4v) is 10.6. The molecule has 0 saturated carbocycles. The van der Waals surface area contributed by atoms with Crippen molar-refractivity contribution in [2.75, 3.05) is 40.9 Å². The lowest BCUT2D eigenvalue weighted by atomic mass is 10.0. The molecule has 0 aliphatic heterocycles. The van der Waals surface area contributed by atoms with Crippen LogP contribution < -0.4 is 5.32 Å². The van der Waals surface area contributed by atoms with Crippen LogP contribution in [0.25, 0.3) is 0 Å². The Labute approximate surface area is 537 Å². The van der Waals surface area contributed by atoms with Gasteiger partial charge >= 0.3 is 13.8 Å². The quantitative estimate of drug-likeness (QED) is 0.0205. The summed E-state index contributed by atoms with van der Waals surface area (Å²) in [5, 5.41) is 3.06. The molecule has 0 aromatic rings. The Morgan fingerprint density at radius 2 is 0.736 bits per heavy atom. The number of allylic oxidation sites excluding steroid dienone is 19. The highest BCUT2D eigenvalue weighted by atomic mass is 31.2. The summed E-state index contributed by atoms with van der Waals surface area (Å²) in [5.41, 5.74) is 0. The molecule has 0 fully saturated rings. The first-order chi connectivity index (χ1) is 42.4. The fraction of sp³-hybridized carbons (Fsp3) is 0.714. The zero-order valence-electron chi connectivity index (χ0n) is 57.2. The molecule has 500 valence electrons. The van der Waals surface area contributed by atoms with E-state index in [1.165, 1.54) is 148 Å². The number of hydrogen-bond acceptors (Lipinski definition) is 6. The first-order valence-electron chi connectivity index (χ1n) is 35.9. The topological polar surface area (TPSA) is 111 Å². The third-order valence-corrected chi connectivity index (χ3v) is 16.4. The van der Waals surface area contributed by atoms with E-state index >= 15 is 0 Å². The van der Waals surface area contributed by atoms with Crippen LogP contribution in [0.15, 0.2) is 122 Å². The lowest BCUT2D eigenvalue weighted by Gasteiger charge is -2.27. The monoisotopic (exact) mass is 1230 g/mol. The van der Waals surface area contributed by atoms with Gasteiger partial charge in [0.05, 0.1) is 33.8 Å². The molecule has 0 bridgehead atoms. The maximum Gasteiger partial charge on any atom is 0.472 e. The number of quaternary nitrogens is 1. The molecule has 0 aromatic heterocycles. The lowest BCUT2D eigenvalue weighted by Crippen LogP contribution is -2.47. The van der Waals surface area contributed by atoms with Gasteiger partial charge in [-0.3, -0.25) is 18.6 Å². The second kappa shape index (κ2) is 65.4. The van der Waals surface area contributed by atoms with Gasteiger partial charge in [-0.25, -0.2) is 4.57 Å². The summed E-state index contributed by atoms with van der Waals surface area (Å²) in [6.45, 7) is 6.87. The van der Waals surface area contributed by atoms with E-state index < -0.39 is 20.0 Å². The lowest BCUT2D eigenvalue weighted by molar-refractivity contribution is -0.870. The summed E-state index contributed by atoms with van der Waals surface area (Å²) in [6.07, 6.45) is 92.1. The molecule has 0 rings (SSSR count). The van der Waals surface area contributed by atoms with E-state index in [9.17, 15) is 19.0 Å². The number of unbranched alkanes of at least 4 members (excludes halogenated alkanes) is 30. The number of amides is 1. The smallest absolute Gasteiger partial charge is 0.456 e. The summed E-state index contributed by atoms with van der Waals surface area (Å²) >= 11 is 0. The average Bonchev–Trinajstić information content (AvgIpc) is 3.70. The molecular weight excluding hydrogens is 1100 g/mol. The summed E-state index contributed by atoms with van der Waals surface area (Å²) < 4.78 is 30.8. The number of esters is 1. The van der Waals surface area contributed by atoms with Crippen molar-refractivity contribution in [3.05, 3.63) is 122 Å². The van der Waals surface area contributed by atoms with Crippen LogP contribution in [0.3, 0.4) is 0 Å². The Kier molecular flexibility index (Phi) is 62.7. The van der Waals surface area contributed by atoms with Crippen molar-refractivity contribution in [2.24, 2.45) is 0 Å². The highest BCUT2D eigenvalue weighted by Crippen LogP contribution is 2.43. The molecular formula is C77H136N2O7P+. The molecule has 0 aliphatic carbocycles. The first kappa shape index (κ1) is 83.4. The van der Waals surface area contributed by atoms with Crippen LogP contribution in [0.1, 0.15) is 303 Å². The van der Waals surface area contributed by atoms with E-state index in [-0.39, 0.29) is 31.5 Å². The third-order valence-electron chi connectivity index (χ3n) is 15.4.